The van der Waals surface area contributed by atoms with Crippen molar-refractivity contribution in [1.82, 2.24) is 5.32 Å². The first kappa shape index (κ1) is 14.5. The summed E-state index contributed by atoms with van der Waals surface area (Å²) in [5.74, 6) is -0.292. The highest BCUT2D eigenvalue weighted by Gasteiger charge is 2.17. The molecule has 1 aromatic heterocycles. The quantitative estimate of drug-likeness (QED) is 0.839. The molecule has 1 amide bonds. The molecule has 1 heterocycles. The van der Waals surface area contributed by atoms with Crippen LogP contribution in [-0.4, -0.2) is 23.7 Å². The first-order chi connectivity index (χ1) is 8.04. The van der Waals surface area contributed by atoms with Crippen LogP contribution < -0.4 is 5.32 Å². The average molecular weight is 276 g/mol. The van der Waals surface area contributed by atoms with Gasteiger partial charge in [-0.2, -0.15) is 0 Å². The Balaban J connectivity index is 2.42. The summed E-state index contributed by atoms with van der Waals surface area (Å²) in [4.78, 5) is 12.7. The topological polar surface area (TPSA) is 49.3 Å². The summed E-state index contributed by atoms with van der Waals surface area (Å²) in [6.45, 7) is 4.15. The Labute approximate surface area is 111 Å². The van der Waals surface area contributed by atoms with Gasteiger partial charge < -0.3 is 10.4 Å². The monoisotopic (exact) mass is 275 g/mol. The molecule has 0 spiro atoms. The maximum absolute atomic E-state index is 11.8. The van der Waals surface area contributed by atoms with Crippen molar-refractivity contribution >= 4 is 28.8 Å². The van der Waals surface area contributed by atoms with Crippen molar-refractivity contribution in [3.05, 3.63) is 21.3 Å². The fourth-order valence-electron chi connectivity index (χ4n) is 1.50. The van der Waals surface area contributed by atoms with Crippen LogP contribution in [0.4, 0.5) is 0 Å². The van der Waals surface area contributed by atoms with E-state index in [0.717, 1.165) is 11.3 Å². The molecule has 2 N–H and O–H groups in total. The van der Waals surface area contributed by atoms with Gasteiger partial charge in [0.2, 0.25) is 5.91 Å². The van der Waals surface area contributed by atoms with E-state index in [4.69, 9.17) is 11.6 Å². The van der Waals surface area contributed by atoms with E-state index < -0.39 is 6.10 Å². The molecule has 0 saturated heterocycles. The van der Waals surface area contributed by atoms with Crippen molar-refractivity contribution in [2.24, 2.45) is 0 Å². The average Bonchev–Trinajstić information content (AvgIpc) is 2.72. The highest BCUT2D eigenvalue weighted by atomic mass is 35.5. The minimum Gasteiger partial charge on any atom is -0.391 e. The van der Waals surface area contributed by atoms with Crippen LogP contribution in [0.2, 0.25) is 4.34 Å². The van der Waals surface area contributed by atoms with E-state index in [1.807, 2.05) is 19.9 Å². The molecule has 3 nitrogen and oxygen atoms in total. The lowest BCUT2D eigenvalue weighted by Crippen LogP contribution is -2.34. The molecular formula is C12H18ClNO2S. The lowest BCUT2D eigenvalue weighted by Gasteiger charge is -2.13. The smallest absolute Gasteiger partial charge is 0.228 e. The fourth-order valence-corrected chi connectivity index (χ4v) is 2.61. The zero-order valence-corrected chi connectivity index (χ0v) is 11.6. The summed E-state index contributed by atoms with van der Waals surface area (Å²) in [6.07, 6.45) is 1.16. The maximum Gasteiger partial charge on any atom is 0.228 e. The Morgan fingerprint density at radius 3 is 2.82 bits per heavy atom. The zero-order valence-electron chi connectivity index (χ0n) is 10.1. The second kappa shape index (κ2) is 6.99. The van der Waals surface area contributed by atoms with Crippen LogP contribution in [0.15, 0.2) is 12.1 Å². The van der Waals surface area contributed by atoms with E-state index in [1.54, 1.807) is 6.07 Å². The number of amides is 1. The van der Waals surface area contributed by atoms with Gasteiger partial charge >= 0.3 is 0 Å². The number of carbonyl (C=O) groups excluding carboxylic acids is 1. The van der Waals surface area contributed by atoms with Crippen LogP contribution in [0.5, 0.6) is 0 Å². The van der Waals surface area contributed by atoms with Gasteiger partial charge in [-0.25, -0.2) is 0 Å². The van der Waals surface area contributed by atoms with Crippen LogP contribution in [-0.2, 0) is 4.79 Å². The van der Waals surface area contributed by atoms with Crippen LogP contribution in [0.1, 0.15) is 37.5 Å². The lowest BCUT2D eigenvalue weighted by molar-refractivity contribution is -0.122. The Kier molecular flexibility index (Phi) is 5.95. The first-order valence-corrected chi connectivity index (χ1v) is 6.95. The number of thiophene rings is 1. The number of rotatable bonds is 6. The van der Waals surface area contributed by atoms with Gasteiger partial charge in [-0.1, -0.05) is 24.9 Å². The molecule has 0 saturated carbocycles. The summed E-state index contributed by atoms with van der Waals surface area (Å²) in [7, 11) is 0. The molecule has 96 valence electrons. The van der Waals surface area contributed by atoms with Crippen molar-refractivity contribution in [1.29, 1.82) is 0 Å². The van der Waals surface area contributed by atoms with E-state index in [-0.39, 0.29) is 11.8 Å². The number of halogens is 1. The summed E-state index contributed by atoms with van der Waals surface area (Å²) in [5.41, 5.74) is 0. The van der Waals surface area contributed by atoms with Crippen molar-refractivity contribution in [3.8, 4) is 0 Å². The van der Waals surface area contributed by atoms with Crippen LogP contribution >= 0.6 is 22.9 Å². The van der Waals surface area contributed by atoms with Crippen molar-refractivity contribution in [3.63, 3.8) is 0 Å². The van der Waals surface area contributed by atoms with Gasteiger partial charge in [-0.05, 0) is 25.5 Å². The molecule has 1 rings (SSSR count). The molecule has 0 radical (unpaired) electrons. The minimum atomic E-state index is -0.455. The molecule has 2 atom stereocenters. The third kappa shape index (κ3) is 4.66. The second-order valence-corrected chi connectivity index (χ2v) is 5.80. The van der Waals surface area contributed by atoms with Gasteiger partial charge in [0.25, 0.3) is 0 Å². The van der Waals surface area contributed by atoms with Gasteiger partial charge in [0.15, 0.2) is 0 Å². The van der Waals surface area contributed by atoms with Crippen molar-refractivity contribution in [2.45, 2.75) is 38.7 Å². The standard InChI is InChI=1S/C12H18ClNO2S/c1-3-4-9(15)7-14-12(16)8(2)10-5-6-11(13)17-10/h5-6,8-9,15H,3-4,7H2,1-2H3,(H,14,16). The number of hydrogen-bond donors (Lipinski definition) is 2. The van der Waals surface area contributed by atoms with Gasteiger partial charge in [0, 0.05) is 11.4 Å². The van der Waals surface area contributed by atoms with Gasteiger partial charge in [0.1, 0.15) is 0 Å². The van der Waals surface area contributed by atoms with Crippen molar-refractivity contribution < 1.29 is 9.90 Å². The highest BCUT2D eigenvalue weighted by molar-refractivity contribution is 7.16. The van der Waals surface area contributed by atoms with Gasteiger partial charge in [0.05, 0.1) is 16.4 Å². The van der Waals surface area contributed by atoms with Crippen molar-refractivity contribution in [2.75, 3.05) is 6.54 Å². The maximum atomic E-state index is 11.8. The predicted molar refractivity (Wildman–Crippen MR) is 71.7 cm³/mol. The van der Waals surface area contributed by atoms with Crippen LogP contribution in [0, 0.1) is 0 Å². The van der Waals surface area contributed by atoms with E-state index in [9.17, 15) is 9.90 Å². The molecule has 0 aliphatic carbocycles. The first-order valence-electron chi connectivity index (χ1n) is 5.75. The molecule has 0 aliphatic heterocycles. The summed E-state index contributed by atoms with van der Waals surface area (Å²) in [5, 5.41) is 12.3. The summed E-state index contributed by atoms with van der Waals surface area (Å²) in [6, 6.07) is 3.65. The third-order valence-electron chi connectivity index (χ3n) is 2.55. The second-order valence-electron chi connectivity index (χ2n) is 4.05. The molecular weight excluding hydrogens is 258 g/mol. The number of carbonyl (C=O) groups is 1. The zero-order chi connectivity index (χ0) is 12.8. The van der Waals surface area contributed by atoms with E-state index >= 15 is 0 Å². The highest BCUT2D eigenvalue weighted by Crippen LogP contribution is 2.27. The predicted octanol–water partition coefficient (Wildman–Crippen LogP) is 2.78. The number of hydrogen-bond acceptors (Lipinski definition) is 3. The molecule has 2 unspecified atom stereocenters. The van der Waals surface area contributed by atoms with Crippen LogP contribution in [0.3, 0.4) is 0 Å². The van der Waals surface area contributed by atoms with E-state index in [2.05, 4.69) is 5.32 Å². The Morgan fingerprint density at radius 1 is 1.59 bits per heavy atom. The van der Waals surface area contributed by atoms with Gasteiger partial charge in [-0.3, -0.25) is 4.79 Å². The SMILES string of the molecule is CCCC(O)CNC(=O)C(C)c1ccc(Cl)s1. The fraction of sp³-hybridized carbons (Fsp3) is 0.583. The van der Waals surface area contributed by atoms with Gasteiger partial charge in [-0.15, -0.1) is 11.3 Å². The number of aliphatic hydroxyl groups is 1. The Bertz CT molecular complexity index is 367. The largest absolute Gasteiger partial charge is 0.391 e. The summed E-state index contributed by atoms with van der Waals surface area (Å²) >= 11 is 7.24. The normalized spacial score (nSPS) is 14.4. The number of nitrogens with one attached hydrogen (secondary N) is 1. The van der Waals surface area contributed by atoms with Crippen LogP contribution in [0.25, 0.3) is 0 Å². The Hall–Kier alpha value is -0.580. The molecule has 0 bridgehead atoms. The lowest BCUT2D eigenvalue weighted by atomic mass is 10.1. The number of aliphatic hydroxyl groups excluding tert-OH is 1. The summed E-state index contributed by atoms with van der Waals surface area (Å²) < 4.78 is 0.686. The minimum absolute atomic E-state index is 0.0707. The third-order valence-corrected chi connectivity index (χ3v) is 3.96. The van der Waals surface area contributed by atoms with E-state index in [0.29, 0.717) is 17.3 Å². The molecule has 0 aromatic carbocycles. The molecule has 1 aromatic rings. The molecule has 5 heteroatoms. The molecule has 17 heavy (non-hydrogen) atoms. The molecule has 0 aliphatic rings. The Morgan fingerprint density at radius 2 is 2.29 bits per heavy atom. The van der Waals surface area contributed by atoms with E-state index in [1.165, 1.54) is 11.3 Å². The molecule has 0 fully saturated rings.